The Labute approximate surface area is 290 Å². The van der Waals surface area contributed by atoms with Crippen LogP contribution in [0.4, 0.5) is 0 Å². The Morgan fingerprint density at radius 3 is 2.45 bits per heavy atom. The zero-order chi connectivity index (χ0) is 33.6. The maximum absolute atomic E-state index is 14.3. The van der Waals surface area contributed by atoms with Gasteiger partial charge in [-0.15, -0.1) is 12.4 Å². The second-order valence-corrected chi connectivity index (χ2v) is 12.9. The number of para-hydroxylation sites is 1. The van der Waals surface area contributed by atoms with Crippen LogP contribution in [0.15, 0.2) is 60.8 Å². The first kappa shape index (κ1) is 35.8. The number of amides is 5. The normalized spacial score (nSPS) is 25.7. The fraction of sp³-hybridized carbons (Fsp3) is 0.457. The molecule has 3 aliphatic heterocycles. The lowest BCUT2D eigenvalue weighted by atomic mass is 9.98. The Kier molecular flexibility index (Phi) is 11.9. The molecule has 14 heteroatoms. The maximum atomic E-state index is 14.3. The molecule has 49 heavy (non-hydrogen) atoms. The topological polar surface area (TPSA) is 176 Å². The van der Waals surface area contributed by atoms with E-state index in [9.17, 15) is 29.1 Å². The molecule has 3 aliphatic rings. The summed E-state index contributed by atoms with van der Waals surface area (Å²) in [5.41, 5.74) is 2.49. The van der Waals surface area contributed by atoms with Crippen molar-refractivity contribution < 1.29 is 29.1 Å². The third-order valence-electron chi connectivity index (χ3n) is 9.49. The Balaban J connectivity index is 0.00000468. The summed E-state index contributed by atoms with van der Waals surface area (Å²) in [5, 5.41) is 23.4. The van der Waals surface area contributed by atoms with Crippen molar-refractivity contribution in [3.8, 4) is 0 Å². The van der Waals surface area contributed by atoms with E-state index >= 15 is 0 Å². The average molecular weight is 694 g/mol. The van der Waals surface area contributed by atoms with Gasteiger partial charge in [-0.05, 0) is 36.6 Å². The predicted molar refractivity (Wildman–Crippen MR) is 185 cm³/mol. The summed E-state index contributed by atoms with van der Waals surface area (Å²) in [6, 6.07) is 13.8. The standard InChI is InChI=1S/C35H43N7O6.ClH/c43-25-17-30-33(46)40-28(15-22-7-2-1-3-8-22)32(45)37-13-14-41(34(47)23-9-6-12-36-18-23)21-31(44)39-29(35(48)42(30)20-25)16-24-19-38-27-11-5-4-10-26(24)27;/h1-5,7-8,10-11,19,23,25,28-30,36,38,43H,6,9,12-18,20-21H2,(H,37,45)(H,39,44)(H,40,46);1H/t23-,25-,28+,29-,30+;/m1./s1. The third-order valence-corrected chi connectivity index (χ3v) is 9.49. The van der Waals surface area contributed by atoms with Gasteiger partial charge < -0.3 is 41.2 Å². The van der Waals surface area contributed by atoms with Crippen LogP contribution >= 0.6 is 12.4 Å². The number of H-pyrrole nitrogens is 1. The fourth-order valence-corrected chi connectivity index (χ4v) is 6.99. The van der Waals surface area contributed by atoms with Crippen LogP contribution in [0.2, 0.25) is 0 Å². The second-order valence-electron chi connectivity index (χ2n) is 12.9. The highest BCUT2D eigenvalue weighted by molar-refractivity contribution is 5.96. The molecule has 5 atom stereocenters. The van der Waals surface area contributed by atoms with E-state index in [2.05, 4.69) is 26.3 Å². The molecule has 2 aromatic carbocycles. The molecule has 6 N–H and O–H groups in total. The maximum Gasteiger partial charge on any atom is 0.246 e. The fourth-order valence-electron chi connectivity index (χ4n) is 6.99. The first-order valence-corrected chi connectivity index (χ1v) is 16.7. The van der Waals surface area contributed by atoms with E-state index in [1.54, 1.807) is 6.20 Å². The monoisotopic (exact) mass is 693 g/mol. The van der Waals surface area contributed by atoms with Crippen LogP contribution in [0.5, 0.6) is 0 Å². The number of nitrogens with one attached hydrogen (secondary N) is 5. The number of fused-ring (bicyclic) bond motifs is 2. The number of nitrogens with zero attached hydrogens (tertiary/aromatic N) is 2. The number of piperidine rings is 1. The van der Waals surface area contributed by atoms with Crippen LogP contribution in [0.1, 0.15) is 30.4 Å². The van der Waals surface area contributed by atoms with E-state index in [1.165, 1.54) is 9.80 Å². The average Bonchev–Trinajstić information content (AvgIpc) is 3.70. The number of rotatable bonds is 5. The number of aliphatic hydroxyl groups excluding tert-OH is 1. The zero-order valence-electron chi connectivity index (χ0n) is 27.2. The Morgan fingerprint density at radius 2 is 1.67 bits per heavy atom. The lowest BCUT2D eigenvalue weighted by molar-refractivity contribution is -0.143. The predicted octanol–water partition coefficient (Wildman–Crippen LogP) is 0.264. The molecule has 4 heterocycles. The van der Waals surface area contributed by atoms with Crippen LogP contribution in [0.3, 0.4) is 0 Å². The SMILES string of the molecule is Cl.O=C1CN(C(=O)[C@@H]2CCCNC2)CCNC(=O)[C@H](Cc2ccccc2)NC(=O)[C@@H]2C[C@@H](O)CN2C(=O)[C@@H](Cc2c[nH]c3ccccc23)N1. The molecule has 0 saturated carbocycles. The van der Waals surface area contributed by atoms with Crippen molar-refractivity contribution in [3.63, 3.8) is 0 Å². The van der Waals surface area contributed by atoms with Crippen molar-refractivity contribution >= 4 is 52.8 Å². The van der Waals surface area contributed by atoms with E-state index in [1.807, 2.05) is 54.6 Å². The van der Waals surface area contributed by atoms with Gasteiger partial charge in [0.2, 0.25) is 29.5 Å². The number of benzene rings is 2. The first-order valence-electron chi connectivity index (χ1n) is 16.7. The van der Waals surface area contributed by atoms with Gasteiger partial charge in [0.25, 0.3) is 0 Å². The summed E-state index contributed by atoms with van der Waals surface area (Å²) >= 11 is 0. The Hall–Kier alpha value is -4.46. The largest absolute Gasteiger partial charge is 0.391 e. The van der Waals surface area contributed by atoms with Crippen LogP contribution in [-0.2, 0) is 36.8 Å². The number of carbonyl (C=O) groups is 5. The van der Waals surface area contributed by atoms with Crippen molar-refractivity contribution in [1.29, 1.82) is 0 Å². The molecule has 3 aromatic rings. The number of hydrogen-bond acceptors (Lipinski definition) is 7. The van der Waals surface area contributed by atoms with Gasteiger partial charge in [0, 0.05) is 62.5 Å². The number of aromatic nitrogens is 1. The van der Waals surface area contributed by atoms with E-state index < -0.39 is 47.9 Å². The quantitative estimate of drug-likeness (QED) is 0.222. The van der Waals surface area contributed by atoms with Gasteiger partial charge >= 0.3 is 0 Å². The smallest absolute Gasteiger partial charge is 0.246 e. The molecule has 0 spiro atoms. The highest BCUT2D eigenvalue weighted by Gasteiger charge is 2.43. The summed E-state index contributed by atoms with van der Waals surface area (Å²) in [6.45, 7) is 1.03. The van der Waals surface area contributed by atoms with E-state index in [0.29, 0.717) is 13.0 Å². The van der Waals surface area contributed by atoms with Gasteiger partial charge in [-0.2, -0.15) is 0 Å². The van der Waals surface area contributed by atoms with Crippen molar-refractivity contribution in [2.24, 2.45) is 5.92 Å². The number of carbonyl (C=O) groups excluding carboxylic acids is 5. The highest BCUT2D eigenvalue weighted by Crippen LogP contribution is 2.24. The minimum absolute atomic E-state index is 0. The molecular weight excluding hydrogens is 650 g/mol. The summed E-state index contributed by atoms with van der Waals surface area (Å²) in [5.74, 6) is -2.60. The van der Waals surface area contributed by atoms with Gasteiger partial charge in [0.1, 0.15) is 18.1 Å². The summed E-state index contributed by atoms with van der Waals surface area (Å²) in [7, 11) is 0. The van der Waals surface area contributed by atoms with Crippen LogP contribution in [0.25, 0.3) is 10.9 Å². The number of halogens is 1. The lowest BCUT2D eigenvalue weighted by Gasteiger charge is -2.31. The minimum atomic E-state index is -1.09. The molecule has 3 saturated heterocycles. The van der Waals surface area contributed by atoms with E-state index in [4.69, 9.17) is 0 Å². The molecule has 3 fully saturated rings. The first-order chi connectivity index (χ1) is 23.3. The Bertz CT molecular complexity index is 1650. The summed E-state index contributed by atoms with van der Waals surface area (Å²) in [4.78, 5) is 75.0. The number of aliphatic hydroxyl groups is 1. The summed E-state index contributed by atoms with van der Waals surface area (Å²) < 4.78 is 0. The van der Waals surface area contributed by atoms with Gasteiger partial charge in [-0.1, -0.05) is 48.5 Å². The van der Waals surface area contributed by atoms with Crippen molar-refractivity contribution in [3.05, 3.63) is 71.9 Å². The van der Waals surface area contributed by atoms with E-state index in [0.717, 1.165) is 35.0 Å². The van der Waals surface area contributed by atoms with Crippen molar-refractivity contribution in [2.75, 3.05) is 39.3 Å². The number of hydrogen-bond donors (Lipinski definition) is 6. The van der Waals surface area contributed by atoms with Crippen molar-refractivity contribution in [2.45, 2.75) is 56.3 Å². The lowest BCUT2D eigenvalue weighted by Crippen LogP contribution is -2.57. The molecule has 0 bridgehead atoms. The molecule has 1 aromatic heterocycles. The van der Waals surface area contributed by atoms with Gasteiger partial charge in [-0.25, -0.2) is 0 Å². The molecule has 5 amide bonds. The number of aromatic amines is 1. The molecule has 0 aliphatic carbocycles. The van der Waals surface area contributed by atoms with Gasteiger partial charge in [0.05, 0.1) is 18.6 Å². The van der Waals surface area contributed by atoms with Crippen LogP contribution in [0, 0.1) is 5.92 Å². The molecule has 13 nitrogen and oxygen atoms in total. The molecular formula is C35H44ClN7O6. The van der Waals surface area contributed by atoms with Crippen LogP contribution < -0.4 is 21.3 Å². The zero-order valence-corrected chi connectivity index (χ0v) is 28.0. The molecule has 262 valence electrons. The van der Waals surface area contributed by atoms with Crippen LogP contribution in [-0.4, -0.2) is 113 Å². The van der Waals surface area contributed by atoms with Gasteiger partial charge in [0.15, 0.2) is 0 Å². The Morgan fingerprint density at radius 1 is 0.898 bits per heavy atom. The second kappa shape index (κ2) is 16.3. The van der Waals surface area contributed by atoms with Gasteiger partial charge in [-0.3, -0.25) is 24.0 Å². The molecule has 0 unspecified atom stereocenters. The summed E-state index contributed by atoms with van der Waals surface area (Å²) in [6.07, 6.45) is 2.64. The highest BCUT2D eigenvalue weighted by atomic mass is 35.5. The molecule has 0 radical (unpaired) electrons. The van der Waals surface area contributed by atoms with Crippen molar-refractivity contribution in [1.82, 2.24) is 36.1 Å². The third kappa shape index (κ3) is 8.59. The van der Waals surface area contributed by atoms with E-state index in [-0.39, 0.29) is 69.7 Å². The minimum Gasteiger partial charge on any atom is -0.391 e. The molecule has 6 rings (SSSR count).